The van der Waals surface area contributed by atoms with E-state index in [4.69, 9.17) is 9.15 Å². The molecule has 1 aliphatic rings. The van der Waals surface area contributed by atoms with Crippen molar-refractivity contribution in [1.29, 1.82) is 0 Å². The SMILES string of the molecule is CC(O)(CNC(=O)Nc1cccc(OC2CCCC2)c1)c1ccco1. The molecule has 1 heterocycles. The van der Waals surface area contributed by atoms with Gasteiger partial charge in [-0.2, -0.15) is 0 Å². The Hall–Kier alpha value is -2.47. The molecule has 0 bridgehead atoms. The Balaban J connectivity index is 1.52. The molecule has 25 heavy (non-hydrogen) atoms. The zero-order valence-corrected chi connectivity index (χ0v) is 14.3. The summed E-state index contributed by atoms with van der Waals surface area (Å²) in [7, 11) is 0. The second kappa shape index (κ2) is 7.61. The van der Waals surface area contributed by atoms with Crippen molar-refractivity contribution in [1.82, 2.24) is 5.32 Å². The van der Waals surface area contributed by atoms with Crippen molar-refractivity contribution in [2.75, 3.05) is 11.9 Å². The Kier molecular flexibility index (Phi) is 5.28. The highest BCUT2D eigenvalue weighted by Crippen LogP contribution is 2.26. The summed E-state index contributed by atoms with van der Waals surface area (Å²) in [6.45, 7) is 1.62. The molecule has 1 aliphatic carbocycles. The summed E-state index contributed by atoms with van der Waals surface area (Å²) in [5, 5.41) is 15.7. The molecule has 3 N–H and O–H groups in total. The van der Waals surface area contributed by atoms with Gasteiger partial charge in [0.25, 0.3) is 0 Å². The van der Waals surface area contributed by atoms with Crippen LogP contribution >= 0.6 is 0 Å². The van der Waals surface area contributed by atoms with Crippen molar-refractivity contribution in [3.05, 3.63) is 48.4 Å². The number of hydrogen-bond donors (Lipinski definition) is 3. The number of aliphatic hydroxyl groups is 1. The van der Waals surface area contributed by atoms with Gasteiger partial charge < -0.3 is 24.9 Å². The number of rotatable bonds is 6. The highest BCUT2D eigenvalue weighted by Gasteiger charge is 2.26. The molecule has 1 fully saturated rings. The van der Waals surface area contributed by atoms with E-state index >= 15 is 0 Å². The number of furan rings is 1. The van der Waals surface area contributed by atoms with E-state index in [9.17, 15) is 9.90 Å². The molecule has 1 unspecified atom stereocenters. The lowest BCUT2D eigenvalue weighted by atomic mass is 10.0. The van der Waals surface area contributed by atoms with Gasteiger partial charge in [-0.3, -0.25) is 0 Å². The summed E-state index contributed by atoms with van der Waals surface area (Å²) in [5.41, 5.74) is -0.625. The molecule has 1 aromatic carbocycles. The fourth-order valence-electron chi connectivity index (χ4n) is 2.95. The summed E-state index contributed by atoms with van der Waals surface area (Å²) in [6.07, 6.45) is 6.34. The molecule has 1 aromatic heterocycles. The number of nitrogens with one attached hydrogen (secondary N) is 2. The highest BCUT2D eigenvalue weighted by molar-refractivity contribution is 5.89. The van der Waals surface area contributed by atoms with Crippen LogP contribution < -0.4 is 15.4 Å². The Bertz CT molecular complexity index is 691. The first-order chi connectivity index (χ1) is 12.0. The van der Waals surface area contributed by atoms with Crippen molar-refractivity contribution in [2.24, 2.45) is 0 Å². The van der Waals surface area contributed by atoms with Crippen molar-refractivity contribution < 1.29 is 19.1 Å². The lowest BCUT2D eigenvalue weighted by Gasteiger charge is -2.21. The molecule has 2 aromatic rings. The Morgan fingerprint density at radius 1 is 1.32 bits per heavy atom. The van der Waals surface area contributed by atoms with Gasteiger partial charge in [-0.05, 0) is 56.9 Å². The van der Waals surface area contributed by atoms with E-state index in [1.54, 1.807) is 25.1 Å². The van der Waals surface area contributed by atoms with Crippen LogP contribution in [0.4, 0.5) is 10.5 Å². The zero-order chi connectivity index (χ0) is 17.7. The Morgan fingerprint density at radius 3 is 2.84 bits per heavy atom. The molecule has 6 heteroatoms. The van der Waals surface area contributed by atoms with Gasteiger partial charge >= 0.3 is 6.03 Å². The molecule has 2 amide bonds. The first kappa shape index (κ1) is 17.4. The third-order valence-corrected chi connectivity index (χ3v) is 4.34. The van der Waals surface area contributed by atoms with E-state index in [1.807, 2.05) is 18.2 Å². The van der Waals surface area contributed by atoms with Crippen LogP contribution in [0.2, 0.25) is 0 Å². The standard InChI is InChI=1S/C19H24N2O4/c1-19(23,17-10-5-11-24-17)13-20-18(22)21-14-6-4-9-16(12-14)25-15-7-2-3-8-15/h4-6,9-12,15,23H,2-3,7-8,13H2,1H3,(H2,20,21,22). The Morgan fingerprint density at radius 2 is 2.12 bits per heavy atom. The quantitative estimate of drug-likeness (QED) is 0.747. The summed E-state index contributed by atoms with van der Waals surface area (Å²) in [6, 6.07) is 10.3. The topological polar surface area (TPSA) is 83.7 Å². The normalized spacial score (nSPS) is 17.0. The molecular weight excluding hydrogens is 320 g/mol. The predicted octanol–water partition coefficient (Wildman–Crippen LogP) is 3.63. The number of urea groups is 1. The zero-order valence-electron chi connectivity index (χ0n) is 14.3. The highest BCUT2D eigenvalue weighted by atomic mass is 16.5. The summed E-state index contributed by atoms with van der Waals surface area (Å²) >= 11 is 0. The monoisotopic (exact) mass is 344 g/mol. The van der Waals surface area contributed by atoms with E-state index in [1.165, 1.54) is 19.1 Å². The second-order valence-electron chi connectivity index (χ2n) is 6.61. The van der Waals surface area contributed by atoms with Crippen LogP contribution in [0.3, 0.4) is 0 Å². The van der Waals surface area contributed by atoms with E-state index < -0.39 is 11.6 Å². The van der Waals surface area contributed by atoms with Crippen molar-refractivity contribution in [2.45, 2.75) is 44.3 Å². The van der Waals surface area contributed by atoms with Gasteiger partial charge in [0.2, 0.25) is 0 Å². The molecule has 0 saturated heterocycles. The third-order valence-electron chi connectivity index (χ3n) is 4.34. The minimum atomic E-state index is -1.27. The molecule has 134 valence electrons. The van der Waals surface area contributed by atoms with Crippen LogP contribution in [-0.4, -0.2) is 23.8 Å². The molecule has 0 spiro atoms. The second-order valence-corrected chi connectivity index (χ2v) is 6.61. The van der Waals surface area contributed by atoms with Gasteiger partial charge in [0.05, 0.1) is 18.9 Å². The first-order valence-corrected chi connectivity index (χ1v) is 8.61. The van der Waals surface area contributed by atoms with Crippen LogP contribution in [0.15, 0.2) is 47.1 Å². The Labute approximate surface area is 147 Å². The first-order valence-electron chi connectivity index (χ1n) is 8.61. The smallest absolute Gasteiger partial charge is 0.319 e. The van der Waals surface area contributed by atoms with Crippen molar-refractivity contribution in [3.8, 4) is 5.75 Å². The number of carbonyl (C=O) groups is 1. The van der Waals surface area contributed by atoms with Gasteiger partial charge in [-0.15, -0.1) is 0 Å². The number of hydrogen-bond acceptors (Lipinski definition) is 4. The number of amides is 2. The average molecular weight is 344 g/mol. The minimum Gasteiger partial charge on any atom is -0.490 e. The molecule has 0 radical (unpaired) electrons. The van der Waals surface area contributed by atoms with Crippen LogP contribution in [0.25, 0.3) is 0 Å². The van der Waals surface area contributed by atoms with E-state index in [0.717, 1.165) is 18.6 Å². The molecule has 3 rings (SSSR count). The minimum absolute atomic E-state index is 0.0324. The van der Waals surface area contributed by atoms with E-state index in [2.05, 4.69) is 10.6 Å². The molecule has 1 atom stereocenters. The molecule has 1 saturated carbocycles. The molecule has 6 nitrogen and oxygen atoms in total. The van der Waals surface area contributed by atoms with Gasteiger partial charge in [0, 0.05) is 11.8 Å². The fraction of sp³-hybridized carbons (Fsp3) is 0.421. The summed E-state index contributed by atoms with van der Waals surface area (Å²) < 4.78 is 11.1. The predicted molar refractivity (Wildman–Crippen MR) is 94.6 cm³/mol. The maximum Gasteiger partial charge on any atom is 0.319 e. The maximum atomic E-state index is 12.1. The number of ether oxygens (including phenoxy) is 1. The van der Waals surface area contributed by atoms with Crippen molar-refractivity contribution >= 4 is 11.7 Å². The van der Waals surface area contributed by atoms with Crippen LogP contribution in [-0.2, 0) is 5.60 Å². The third kappa shape index (κ3) is 4.76. The van der Waals surface area contributed by atoms with E-state index in [0.29, 0.717) is 11.4 Å². The largest absolute Gasteiger partial charge is 0.490 e. The van der Waals surface area contributed by atoms with Gasteiger partial charge in [0.15, 0.2) is 0 Å². The maximum absolute atomic E-state index is 12.1. The van der Waals surface area contributed by atoms with Crippen LogP contribution in [0.5, 0.6) is 5.75 Å². The molecular formula is C19H24N2O4. The summed E-state index contributed by atoms with van der Waals surface area (Å²) in [4.78, 5) is 12.1. The van der Waals surface area contributed by atoms with Crippen LogP contribution in [0, 0.1) is 0 Å². The van der Waals surface area contributed by atoms with Gasteiger partial charge in [-0.25, -0.2) is 4.79 Å². The fourth-order valence-corrected chi connectivity index (χ4v) is 2.95. The molecule has 0 aliphatic heterocycles. The lowest BCUT2D eigenvalue weighted by Crippen LogP contribution is -2.40. The summed E-state index contributed by atoms with van der Waals surface area (Å²) in [5.74, 6) is 1.16. The number of anilines is 1. The average Bonchev–Trinajstić information content (AvgIpc) is 3.27. The van der Waals surface area contributed by atoms with Gasteiger partial charge in [-0.1, -0.05) is 6.07 Å². The number of carbonyl (C=O) groups excluding carboxylic acids is 1. The van der Waals surface area contributed by atoms with Gasteiger partial charge in [0.1, 0.15) is 17.1 Å². The van der Waals surface area contributed by atoms with Crippen LogP contribution in [0.1, 0.15) is 38.4 Å². The van der Waals surface area contributed by atoms with E-state index in [-0.39, 0.29) is 12.6 Å². The number of benzene rings is 1. The van der Waals surface area contributed by atoms with Crippen molar-refractivity contribution in [3.63, 3.8) is 0 Å². The lowest BCUT2D eigenvalue weighted by molar-refractivity contribution is 0.0372.